The van der Waals surface area contributed by atoms with E-state index in [0.717, 1.165) is 0 Å². The summed E-state index contributed by atoms with van der Waals surface area (Å²) in [6, 6.07) is 5.99. The average Bonchev–Trinajstić information content (AvgIpc) is 2.55. The summed E-state index contributed by atoms with van der Waals surface area (Å²) in [6.07, 6.45) is 1.22. The molecular formula is C14H12N2O6. The highest BCUT2D eigenvalue weighted by Crippen LogP contribution is 2.23. The van der Waals surface area contributed by atoms with Crippen LogP contribution in [0.15, 0.2) is 36.7 Å². The van der Waals surface area contributed by atoms with E-state index in [4.69, 9.17) is 9.47 Å². The summed E-state index contributed by atoms with van der Waals surface area (Å²) in [7, 11) is 2.42. The van der Waals surface area contributed by atoms with Crippen LogP contribution in [-0.4, -0.2) is 36.5 Å². The molecule has 0 spiro atoms. The summed E-state index contributed by atoms with van der Waals surface area (Å²) in [5, 5.41) is 0. The highest BCUT2D eigenvalue weighted by Gasteiger charge is 2.09. The first-order valence-electron chi connectivity index (χ1n) is 6.06. The number of pyridine rings is 2. The van der Waals surface area contributed by atoms with E-state index in [1.165, 1.54) is 50.9 Å². The third-order valence-corrected chi connectivity index (χ3v) is 2.46. The van der Waals surface area contributed by atoms with Crippen LogP contribution in [-0.2, 0) is 9.47 Å². The molecule has 2 aromatic heterocycles. The molecular weight excluding hydrogens is 292 g/mol. The van der Waals surface area contributed by atoms with Crippen LogP contribution >= 0.6 is 0 Å². The topological polar surface area (TPSA) is 96.8 Å². The lowest BCUT2D eigenvalue weighted by Crippen LogP contribution is -2.08. The molecule has 0 atom stereocenters. The molecule has 0 aliphatic carbocycles. The molecule has 0 radical (unpaired) electrons. The van der Waals surface area contributed by atoms with Crippen molar-refractivity contribution in [1.29, 1.82) is 0 Å². The highest BCUT2D eigenvalue weighted by molar-refractivity contribution is 5.67. The van der Waals surface area contributed by atoms with Crippen LogP contribution in [0.5, 0.6) is 11.5 Å². The maximum Gasteiger partial charge on any atom is 0.513 e. The maximum absolute atomic E-state index is 11.1. The molecule has 0 aromatic carbocycles. The van der Waals surface area contributed by atoms with E-state index < -0.39 is 12.3 Å². The highest BCUT2D eigenvalue weighted by atomic mass is 16.7. The molecule has 0 N–H and O–H groups in total. The van der Waals surface area contributed by atoms with Crippen molar-refractivity contribution in [2.75, 3.05) is 14.2 Å². The Morgan fingerprint density at radius 2 is 1.23 bits per heavy atom. The Morgan fingerprint density at radius 3 is 1.59 bits per heavy atom. The summed E-state index contributed by atoms with van der Waals surface area (Å²) < 4.78 is 18.6. The number of hydrogen-bond acceptors (Lipinski definition) is 8. The van der Waals surface area contributed by atoms with Crippen LogP contribution in [0.25, 0.3) is 11.4 Å². The number of methoxy groups -OCH3 is 2. The standard InChI is InChI=1S/C14H12N2O6/c1-19-13(17)21-9-3-5-15-11(7-9)12-8-10(4-6-16-12)22-14(18)20-2/h3-8H,1-2H3. The zero-order valence-corrected chi connectivity index (χ0v) is 11.8. The van der Waals surface area contributed by atoms with Crippen molar-refractivity contribution < 1.29 is 28.5 Å². The van der Waals surface area contributed by atoms with Crippen LogP contribution in [0, 0.1) is 0 Å². The van der Waals surface area contributed by atoms with Crippen LogP contribution < -0.4 is 9.47 Å². The van der Waals surface area contributed by atoms with Gasteiger partial charge >= 0.3 is 12.3 Å². The number of carbonyl (C=O) groups is 2. The summed E-state index contributed by atoms with van der Waals surface area (Å²) in [6.45, 7) is 0. The second-order valence-corrected chi connectivity index (χ2v) is 3.87. The minimum atomic E-state index is -0.840. The van der Waals surface area contributed by atoms with Gasteiger partial charge in [-0.1, -0.05) is 0 Å². The van der Waals surface area contributed by atoms with Gasteiger partial charge in [-0.3, -0.25) is 9.97 Å². The first-order chi connectivity index (χ1) is 10.6. The number of nitrogens with zero attached hydrogens (tertiary/aromatic N) is 2. The average molecular weight is 304 g/mol. The fourth-order valence-electron chi connectivity index (χ4n) is 1.51. The number of carbonyl (C=O) groups excluding carboxylic acids is 2. The van der Waals surface area contributed by atoms with Gasteiger partial charge in [-0.25, -0.2) is 9.59 Å². The molecule has 8 nitrogen and oxygen atoms in total. The molecule has 2 rings (SSSR count). The minimum Gasteiger partial charge on any atom is -0.437 e. The van der Waals surface area contributed by atoms with Gasteiger partial charge in [-0.05, 0) is 12.1 Å². The fourth-order valence-corrected chi connectivity index (χ4v) is 1.51. The van der Waals surface area contributed by atoms with E-state index in [-0.39, 0.29) is 11.5 Å². The van der Waals surface area contributed by atoms with Gasteiger partial charge in [-0.2, -0.15) is 0 Å². The number of rotatable bonds is 3. The van der Waals surface area contributed by atoms with Crippen molar-refractivity contribution in [3.8, 4) is 22.9 Å². The van der Waals surface area contributed by atoms with Crippen LogP contribution in [0.2, 0.25) is 0 Å². The van der Waals surface area contributed by atoms with E-state index in [9.17, 15) is 9.59 Å². The van der Waals surface area contributed by atoms with Gasteiger partial charge in [-0.15, -0.1) is 0 Å². The van der Waals surface area contributed by atoms with Gasteiger partial charge in [0.25, 0.3) is 0 Å². The van der Waals surface area contributed by atoms with Crippen molar-refractivity contribution in [2.45, 2.75) is 0 Å². The number of hydrogen-bond donors (Lipinski definition) is 0. The summed E-state index contributed by atoms with van der Waals surface area (Å²) in [4.78, 5) is 30.4. The Hall–Kier alpha value is -3.16. The van der Waals surface area contributed by atoms with Crippen LogP contribution in [0.4, 0.5) is 9.59 Å². The van der Waals surface area contributed by atoms with Crippen molar-refractivity contribution in [3.05, 3.63) is 36.7 Å². The third kappa shape index (κ3) is 3.92. The Morgan fingerprint density at radius 1 is 0.818 bits per heavy atom. The number of aromatic nitrogens is 2. The van der Waals surface area contributed by atoms with E-state index in [1.54, 1.807) is 0 Å². The lowest BCUT2D eigenvalue weighted by atomic mass is 10.2. The largest absolute Gasteiger partial charge is 0.513 e. The smallest absolute Gasteiger partial charge is 0.437 e. The normalized spacial score (nSPS) is 9.73. The molecule has 2 aromatic rings. The predicted molar refractivity (Wildman–Crippen MR) is 73.5 cm³/mol. The summed E-state index contributed by atoms with van der Waals surface area (Å²) >= 11 is 0. The van der Waals surface area contributed by atoms with Gasteiger partial charge in [0, 0.05) is 24.5 Å². The predicted octanol–water partition coefficient (Wildman–Crippen LogP) is 2.43. The Labute approximate surface area is 125 Å². The molecule has 0 aliphatic heterocycles. The number of ether oxygens (including phenoxy) is 4. The van der Waals surface area contributed by atoms with Gasteiger partial charge in [0.1, 0.15) is 11.5 Å². The molecule has 0 aliphatic rings. The Balaban J connectivity index is 2.24. The minimum absolute atomic E-state index is 0.248. The lowest BCUT2D eigenvalue weighted by molar-refractivity contribution is 0.120. The van der Waals surface area contributed by atoms with Gasteiger partial charge in [0.15, 0.2) is 0 Å². The van der Waals surface area contributed by atoms with E-state index in [1.807, 2.05) is 0 Å². The molecule has 2 heterocycles. The second kappa shape index (κ2) is 7.02. The SMILES string of the molecule is COC(=O)Oc1ccnc(-c2cc(OC(=O)OC)ccn2)c1. The summed E-state index contributed by atoms with van der Waals surface area (Å²) in [5.41, 5.74) is 0.855. The fraction of sp³-hybridized carbons (Fsp3) is 0.143. The first-order valence-corrected chi connectivity index (χ1v) is 6.06. The van der Waals surface area contributed by atoms with Crippen LogP contribution in [0.1, 0.15) is 0 Å². The maximum atomic E-state index is 11.1. The van der Waals surface area contributed by atoms with Crippen molar-refractivity contribution in [3.63, 3.8) is 0 Å². The molecule has 0 saturated heterocycles. The quantitative estimate of drug-likeness (QED) is 0.797. The van der Waals surface area contributed by atoms with E-state index in [0.29, 0.717) is 11.4 Å². The molecule has 0 bridgehead atoms. The second-order valence-electron chi connectivity index (χ2n) is 3.87. The molecule has 22 heavy (non-hydrogen) atoms. The monoisotopic (exact) mass is 304 g/mol. The molecule has 8 heteroatoms. The third-order valence-electron chi connectivity index (χ3n) is 2.46. The van der Waals surface area contributed by atoms with E-state index in [2.05, 4.69) is 19.4 Å². The molecule has 0 amide bonds. The van der Waals surface area contributed by atoms with E-state index >= 15 is 0 Å². The first kappa shape index (κ1) is 15.2. The zero-order valence-electron chi connectivity index (χ0n) is 11.8. The molecule has 0 saturated carbocycles. The van der Waals surface area contributed by atoms with Crippen molar-refractivity contribution in [2.24, 2.45) is 0 Å². The van der Waals surface area contributed by atoms with Crippen LogP contribution in [0.3, 0.4) is 0 Å². The molecule has 0 unspecified atom stereocenters. The van der Waals surface area contributed by atoms with Gasteiger partial charge < -0.3 is 18.9 Å². The lowest BCUT2D eigenvalue weighted by Gasteiger charge is -2.06. The zero-order chi connectivity index (χ0) is 15.9. The Bertz CT molecular complexity index is 629. The molecule has 0 fully saturated rings. The van der Waals surface area contributed by atoms with Gasteiger partial charge in [0.2, 0.25) is 0 Å². The molecule has 114 valence electrons. The summed E-state index contributed by atoms with van der Waals surface area (Å²) in [5.74, 6) is 0.496. The Kier molecular flexibility index (Phi) is 4.86. The van der Waals surface area contributed by atoms with Gasteiger partial charge in [0.05, 0.1) is 25.6 Å². The van der Waals surface area contributed by atoms with Crippen molar-refractivity contribution in [1.82, 2.24) is 9.97 Å². The van der Waals surface area contributed by atoms with Crippen molar-refractivity contribution >= 4 is 12.3 Å².